The van der Waals surface area contributed by atoms with Gasteiger partial charge in [-0.05, 0) is 37.3 Å². The van der Waals surface area contributed by atoms with E-state index in [9.17, 15) is 4.79 Å². The van der Waals surface area contributed by atoms with Gasteiger partial charge in [-0.15, -0.1) is 0 Å². The number of carbonyl (C=O) groups is 1. The van der Waals surface area contributed by atoms with Crippen molar-refractivity contribution in [2.45, 2.75) is 6.92 Å². The lowest BCUT2D eigenvalue weighted by Gasteiger charge is -2.11. The van der Waals surface area contributed by atoms with E-state index < -0.39 is 0 Å². The molecule has 7 heteroatoms. The van der Waals surface area contributed by atoms with E-state index in [4.69, 9.17) is 21.1 Å². The van der Waals surface area contributed by atoms with E-state index in [0.29, 0.717) is 33.5 Å². The van der Waals surface area contributed by atoms with E-state index >= 15 is 0 Å². The summed E-state index contributed by atoms with van der Waals surface area (Å²) in [5.74, 6) is 0.877. The van der Waals surface area contributed by atoms with Crippen LogP contribution in [0.5, 0.6) is 11.5 Å². The molecule has 26 heavy (non-hydrogen) atoms. The zero-order chi connectivity index (χ0) is 18.7. The molecule has 0 radical (unpaired) electrons. The molecule has 0 aliphatic heterocycles. The summed E-state index contributed by atoms with van der Waals surface area (Å²) in [6, 6.07) is 12.5. The zero-order valence-corrected chi connectivity index (χ0v) is 15.4. The number of aromatic nitrogens is 2. The van der Waals surface area contributed by atoms with Gasteiger partial charge in [-0.2, -0.15) is 5.10 Å². The normalized spacial score (nSPS) is 10.5. The van der Waals surface area contributed by atoms with Crippen LogP contribution in [0.2, 0.25) is 5.02 Å². The van der Waals surface area contributed by atoms with Crippen molar-refractivity contribution in [2.75, 3.05) is 19.5 Å². The third-order valence-corrected chi connectivity index (χ3v) is 4.20. The van der Waals surface area contributed by atoms with Crippen LogP contribution in [0.25, 0.3) is 5.69 Å². The quantitative estimate of drug-likeness (QED) is 0.733. The Morgan fingerprint density at radius 2 is 1.96 bits per heavy atom. The standard InChI is InChI=1S/C19H18ClN3O3/c1-12-16(11-21-23(12)14-6-4-5-13(20)9-14)19(24)22-17-8-7-15(25-2)10-18(17)26-3/h4-11H,1-3H3,(H,22,24). The largest absolute Gasteiger partial charge is 0.497 e. The fourth-order valence-electron chi connectivity index (χ4n) is 2.59. The van der Waals surface area contributed by atoms with Crippen molar-refractivity contribution >= 4 is 23.2 Å². The minimum absolute atomic E-state index is 0.278. The molecule has 3 aromatic rings. The van der Waals surface area contributed by atoms with E-state index in [-0.39, 0.29) is 5.91 Å². The number of hydrogen-bond donors (Lipinski definition) is 1. The lowest BCUT2D eigenvalue weighted by Crippen LogP contribution is -2.14. The number of benzene rings is 2. The van der Waals surface area contributed by atoms with Crippen LogP contribution >= 0.6 is 11.6 Å². The van der Waals surface area contributed by atoms with Gasteiger partial charge in [0.2, 0.25) is 0 Å². The van der Waals surface area contributed by atoms with Gasteiger partial charge in [0.05, 0.1) is 43.0 Å². The van der Waals surface area contributed by atoms with Gasteiger partial charge in [-0.3, -0.25) is 4.79 Å². The van der Waals surface area contributed by atoms with Crippen LogP contribution in [0.1, 0.15) is 16.1 Å². The molecule has 3 rings (SSSR count). The van der Waals surface area contributed by atoms with E-state index in [2.05, 4.69) is 10.4 Å². The molecular formula is C19H18ClN3O3. The predicted octanol–water partition coefficient (Wildman–Crippen LogP) is 4.10. The molecule has 0 aliphatic carbocycles. The minimum Gasteiger partial charge on any atom is -0.497 e. The van der Waals surface area contributed by atoms with E-state index in [1.54, 1.807) is 42.1 Å². The molecule has 0 unspecified atom stereocenters. The van der Waals surface area contributed by atoms with Crippen LogP contribution in [0.15, 0.2) is 48.7 Å². The van der Waals surface area contributed by atoms with Crippen molar-refractivity contribution in [1.29, 1.82) is 0 Å². The molecule has 0 fully saturated rings. The zero-order valence-electron chi connectivity index (χ0n) is 14.6. The highest BCUT2D eigenvalue weighted by atomic mass is 35.5. The van der Waals surface area contributed by atoms with Crippen LogP contribution < -0.4 is 14.8 Å². The van der Waals surface area contributed by atoms with Gasteiger partial charge < -0.3 is 14.8 Å². The second-order valence-corrected chi connectivity index (χ2v) is 5.99. The van der Waals surface area contributed by atoms with Gasteiger partial charge in [0, 0.05) is 11.1 Å². The van der Waals surface area contributed by atoms with Crippen LogP contribution in [0.3, 0.4) is 0 Å². The summed E-state index contributed by atoms with van der Waals surface area (Å²) in [6.45, 7) is 1.83. The summed E-state index contributed by atoms with van der Waals surface area (Å²) in [6.07, 6.45) is 1.53. The lowest BCUT2D eigenvalue weighted by molar-refractivity contribution is 0.102. The van der Waals surface area contributed by atoms with Gasteiger partial charge in [-0.25, -0.2) is 4.68 Å². The molecule has 0 spiro atoms. The Morgan fingerprint density at radius 3 is 2.65 bits per heavy atom. The maximum atomic E-state index is 12.7. The van der Waals surface area contributed by atoms with Crippen molar-refractivity contribution in [2.24, 2.45) is 0 Å². The highest BCUT2D eigenvalue weighted by Gasteiger charge is 2.17. The first-order chi connectivity index (χ1) is 12.5. The number of methoxy groups -OCH3 is 2. The van der Waals surface area contributed by atoms with Crippen molar-refractivity contribution in [3.63, 3.8) is 0 Å². The summed E-state index contributed by atoms with van der Waals surface area (Å²) in [7, 11) is 3.10. The molecular weight excluding hydrogens is 354 g/mol. The lowest BCUT2D eigenvalue weighted by atomic mass is 10.2. The first-order valence-electron chi connectivity index (χ1n) is 7.87. The Bertz CT molecular complexity index is 953. The van der Waals surface area contributed by atoms with Crippen LogP contribution in [-0.2, 0) is 0 Å². The first-order valence-corrected chi connectivity index (χ1v) is 8.25. The average molecular weight is 372 g/mol. The summed E-state index contributed by atoms with van der Waals surface area (Å²) < 4.78 is 12.2. The molecule has 1 heterocycles. The molecule has 0 aliphatic rings. The van der Waals surface area contributed by atoms with Crippen LogP contribution in [0, 0.1) is 6.92 Å². The van der Waals surface area contributed by atoms with Gasteiger partial charge in [0.25, 0.3) is 5.91 Å². The number of hydrogen-bond acceptors (Lipinski definition) is 4. The highest BCUT2D eigenvalue weighted by Crippen LogP contribution is 2.29. The Balaban J connectivity index is 1.88. The number of carbonyl (C=O) groups excluding carboxylic acids is 1. The molecule has 134 valence electrons. The second kappa shape index (κ2) is 7.49. The summed E-state index contributed by atoms with van der Waals surface area (Å²) in [5.41, 5.74) is 2.50. The molecule has 0 saturated heterocycles. The van der Waals surface area contributed by atoms with Crippen molar-refractivity contribution < 1.29 is 14.3 Å². The summed E-state index contributed by atoms with van der Waals surface area (Å²) in [5, 5.41) is 7.76. The Hall–Kier alpha value is -2.99. The fourth-order valence-corrected chi connectivity index (χ4v) is 2.78. The van der Waals surface area contributed by atoms with Crippen LogP contribution in [-0.4, -0.2) is 29.9 Å². The smallest absolute Gasteiger partial charge is 0.259 e. The Kier molecular flexibility index (Phi) is 5.14. The molecule has 0 bridgehead atoms. The predicted molar refractivity (Wildman–Crippen MR) is 101 cm³/mol. The second-order valence-electron chi connectivity index (χ2n) is 5.56. The average Bonchev–Trinajstić information content (AvgIpc) is 3.03. The highest BCUT2D eigenvalue weighted by molar-refractivity contribution is 6.30. The molecule has 1 N–H and O–H groups in total. The molecule has 1 aromatic heterocycles. The third kappa shape index (κ3) is 3.50. The van der Waals surface area contributed by atoms with Crippen molar-refractivity contribution in [3.05, 3.63) is 64.9 Å². The van der Waals surface area contributed by atoms with Crippen molar-refractivity contribution in [3.8, 4) is 17.2 Å². The molecule has 0 saturated carbocycles. The van der Waals surface area contributed by atoms with E-state index in [1.807, 2.05) is 19.1 Å². The number of amides is 1. The van der Waals surface area contributed by atoms with Gasteiger partial charge in [-0.1, -0.05) is 17.7 Å². The van der Waals surface area contributed by atoms with Gasteiger partial charge in [0.15, 0.2) is 0 Å². The van der Waals surface area contributed by atoms with Gasteiger partial charge >= 0.3 is 0 Å². The number of ether oxygens (including phenoxy) is 2. The summed E-state index contributed by atoms with van der Waals surface area (Å²) >= 11 is 6.04. The number of halogens is 1. The van der Waals surface area contributed by atoms with Crippen LogP contribution in [0.4, 0.5) is 5.69 Å². The van der Waals surface area contributed by atoms with E-state index in [0.717, 1.165) is 5.69 Å². The maximum Gasteiger partial charge on any atom is 0.259 e. The number of anilines is 1. The van der Waals surface area contributed by atoms with E-state index in [1.165, 1.54) is 13.3 Å². The Morgan fingerprint density at radius 1 is 1.15 bits per heavy atom. The Labute approximate surface area is 156 Å². The SMILES string of the molecule is COc1ccc(NC(=O)c2cnn(-c3cccc(Cl)c3)c2C)c(OC)c1. The third-order valence-electron chi connectivity index (χ3n) is 3.96. The molecule has 0 atom stereocenters. The van der Waals surface area contributed by atoms with Gasteiger partial charge in [0.1, 0.15) is 11.5 Å². The molecule has 1 amide bonds. The number of nitrogens with zero attached hydrogens (tertiary/aromatic N) is 2. The monoisotopic (exact) mass is 371 g/mol. The number of nitrogens with one attached hydrogen (secondary N) is 1. The molecule has 6 nitrogen and oxygen atoms in total. The first kappa shape index (κ1) is 17.8. The van der Waals surface area contributed by atoms with Crippen molar-refractivity contribution in [1.82, 2.24) is 9.78 Å². The summed E-state index contributed by atoms with van der Waals surface area (Å²) in [4.78, 5) is 12.7. The fraction of sp³-hybridized carbons (Fsp3) is 0.158. The maximum absolute atomic E-state index is 12.7. The topological polar surface area (TPSA) is 65.4 Å². The number of rotatable bonds is 5. The molecule has 2 aromatic carbocycles. The minimum atomic E-state index is -0.278.